The number of nitro benzene ring substituents is 1. The SMILES string of the molecule is Cc1ccc(C(=O)NC(CCl)C(C)C)cc1[N+](=O)[O-]. The molecule has 0 radical (unpaired) electrons. The molecule has 104 valence electrons. The van der Waals surface area contributed by atoms with E-state index in [1.165, 1.54) is 6.07 Å². The summed E-state index contributed by atoms with van der Waals surface area (Å²) in [7, 11) is 0. The number of carbonyl (C=O) groups is 1. The maximum atomic E-state index is 12.0. The molecule has 0 saturated carbocycles. The highest BCUT2D eigenvalue weighted by Crippen LogP contribution is 2.19. The zero-order chi connectivity index (χ0) is 14.6. The smallest absolute Gasteiger partial charge is 0.273 e. The van der Waals surface area contributed by atoms with Crippen LogP contribution in [-0.2, 0) is 0 Å². The zero-order valence-corrected chi connectivity index (χ0v) is 11.9. The molecule has 0 fully saturated rings. The third-order valence-electron chi connectivity index (χ3n) is 2.96. The third-order valence-corrected chi connectivity index (χ3v) is 3.29. The van der Waals surface area contributed by atoms with E-state index in [4.69, 9.17) is 11.6 Å². The molecule has 0 bridgehead atoms. The summed E-state index contributed by atoms with van der Waals surface area (Å²) in [5.74, 6) is 0.154. The number of benzene rings is 1. The number of hydrogen-bond donors (Lipinski definition) is 1. The Morgan fingerprint density at radius 1 is 1.47 bits per heavy atom. The Morgan fingerprint density at radius 2 is 2.11 bits per heavy atom. The first kappa shape index (κ1) is 15.4. The predicted octanol–water partition coefficient (Wildman–Crippen LogP) is 2.90. The maximum absolute atomic E-state index is 12.0. The van der Waals surface area contributed by atoms with E-state index < -0.39 is 4.92 Å². The van der Waals surface area contributed by atoms with Crippen molar-refractivity contribution in [3.8, 4) is 0 Å². The molecular formula is C13H17ClN2O3. The summed E-state index contributed by atoms with van der Waals surface area (Å²) in [6, 6.07) is 4.27. The van der Waals surface area contributed by atoms with Gasteiger partial charge in [-0.15, -0.1) is 11.6 Å². The highest BCUT2D eigenvalue weighted by molar-refractivity contribution is 6.18. The number of nitrogens with one attached hydrogen (secondary N) is 1. The number of halogens is 1. The largest absolute Gasteiger partial charge is 0.348 e. The van der Waals surface area contributed by atoms with Gasteiger partial charge in [0, 0.05) is 29.1 Å². The Hall–Kier alpha value is -1.62. The molecule has 0 aliphatic rings. The topological polar surface area (TPSA) is 72.2 Å². The van der Waals surface area contributed by atoms with E-state index in [9.17, 15) is 14.9 Å². The summed E-state index contributed by atoms with van der Waals surface area (Å²) in [5.41, 5.74) is 0.743. The van der Waals surface area contributed by atoms with Crippen LogP contribution in [-0.4, -0.2) is 22.8 Å². The molecule has 1 atom stereocenters. The molecule has 1 aromatic carbocycles. The van der Waals surface area contributed by atoms with Crippen LogP contribution in [0.1, 0.15) is 29.8 Å². The fourth-order valence-corrected chi connectivity index (χ4v) is 2.02. The van der Waals surface area contributed by atoms with Gasteiger partial charge < -0.3 is 5.32 Å². The zero-order valence-electron chi connectivity index (χ0n) is 11.1. The van der Waals surface area contributed by atoms with E-state index >= 15 is 0 Å². The van der Waals surface area contributed by atoms with Crippen LogP contribution in [0, 0.1) is 23.0 Å². The van der Waals surface area contributed by atoms with Crippen LogP contribution in [0.2, 0.25) is 0 Å². The van der Waals surface area contributed by atoms with Crippen molar-refractivity contribution in [2.45, 2.75) is 26.8 Å². The van der Waals surface area contributed by atoms with Gasteiger partial charge >= 0.3 is 0 Å². The monoisotopic (exact) mass is 284 g/mol. The van der Waals surface area contributed by atoms with Crippen molar-refractivity contribution in [1.82, 2.24) is 5.32 Å². The number of alkyl halides is 1. The number of hydrogen-bond acceptors (Lipinski definition) is 3. The van der Waals surface area contributed by atoms with Crippen LogP contribution < -0.4 is 5.32 Å². The summed E-state index contributed by atoms with van der Waals surface area (Å²) >= 11 is 5.78. The molecule has 0 heterocycles. The minimum atomic E-state index is -0.492. The number of amides is 1. The summed E-state index contributed by atoms with van der Waals surface area (Å²) in [5, 5.41) is 13.6. The minimum absolute atomic E-state index is 0.0559. The molecule has 1 amide bonds. The van der Waals surface area contributed by atoms with Crippen LogP contribution in [0.25, 0.3) is 0 Å². The fourth-order valence-electron chi connectivity index (χ4n) is 1.58. The first-order chi connectivity index (χ1) is 8.86. The third kappa shape index (κ3) is 3.92. The molecule has 0 aliphatic carbocycles. The molecule has 0 aliphatic heterocycles. The van der Waals surface area contributed by atoms with Crippen LogP contribution in [0.15, 0.2) is 18.2 Å². The molecular weight excluding hydrogens is 268 g/mol. The number of rotatable bonds is 5. The lowest BCUT2D eigenvalue weighted by Gasteiger charge is -2.19. The molecule has 5 nitrogen and oxygen atoms in total. The van der Waals surface area contributed by atoms with Crippen LogP contribution in [0.3, 0.4) is 0 Å². The normalized spacial score (nSPS) is 12.3. The molecule has 19 heavy (non-hydrogen) atoms. The van der Waals surface area contributed by atoms with Gasteiger partial charge in [0.25, 0.3) is 11.6 Å². The van der Waals surface area contributed by atoms with Gasteiger partial charge in [0.2, 0.25) is 0 Å². The number of aryl methyl sites for hydroxylation is 1. The van der Waals surface area contributed by atoms with Gasteiger partial charge in [-0.05, 0) is 18.9 Å². The second-order valence-corrected chi connectivity index (χ2v) is 5.05. The van der Waals surface area contributed by atoms with Crippen LogP contribution >= 0.6 is 11.6 Å². The molecule has 1 rings (SSSR count). The highest BCUT2D eigenvalue weighted by Gasteiger charge is 2.19. The first-order valence-electron chi connectivity index (χ1n) is 5.98. The Morgan fingerprint density at radius 3 is 2.58 bits per heavy atom. The molecule has 0 spiro atoms. The average molecular weight is 285 g/mol. The van der Waals surface area contributed by atoms with Crippen molar-refractivity contribution in [3.05, 3.63) is 39.4 Å². The quantitative estimate of drug-likeness (QED) is 0.513. The number of nitrogens with zero attached hydrogens (tertiary/aromatic N) is 1. The van der Waals surface area contributed by atoms with Gasteiger partial charge in [-0.2, -0.15) is 0 Å². The number of nitro groups is 1. The summed E-state index contributed by atoms with van der Waals surface area (Å²) in [6.07, 6.45) is 0. The van der Waals surface area contributed by atoms with Crippen LogP contribution in [0.4, 0.5) is 5.69 Å². The lowest BCUT2D eigenvalue weighted by atomic mass is 10.0. The van der Waals surface area contributed by atoms with E-state index in [2.05, 4.69) is 5.32 Å². The lowest BCUT2D eigenvalue weighted by Crippen LogP contribution is -2.39. The van der Waals surface area contributed by atoms with Crippen molar-refractivity contribution in [2.24, 2.45) is 5.92 Å². The van der Waals surface area contributed by atoms with Crippen molar-refractivity contribution >= 4 is 23.2 Å². The standard InChI is InChI=1S/C13H17ClN2O3/c1-8(2)11(7-14)15-13(17)10-5-4-9(3)12(6-10)16(18)19/h4-6,8,11H,7H2,1-3H3,(H,15,17). The maximum Gasteiger partial charge on any atom is 0.273 e. The van der Waals surface area contributed by atoms with E-state index in [0.29, 0.717) is 11.4 Å². The average Bonchev–Trinajstić information content (AvgIpc) is 2.35. The van der Waals surface area contributed by atoms with Gasteiger partial charge in [-0.3, -0.25) is 14.9 Å². The van der Waals surface area contributed by atoms with Crippen molar-refractivity contribution in [1.29, 1.82) is 0 Å². The Bertz CT molecular complexity index is 489. The summed E-state index contributed by atoms with van der Waals surface area (Å²) in [6.45, 7) is 5.53. The number of carbonyl (C=O) groups excluding carboxylic acids is 1. The van der Waals surface area contributed by atoms with E-state index in [0.717, 1.165) is 0 Å². The Kier molecular flexibility index (Phi) is 5.30. The fraction of sp³-hybridized carbons (Fsp3) is 0.462. The van der Waals surface area contributed by atoms with E-state index in [1.54, 1.807) is 19.1 Å². The lowest BCUT2D eigenvalue weighted by molar-refractivity contribution is -0.385. The van der Waals surface area contributed by atoms with Gasteiger partial charge in [-0.1, -0.05) is 19.9 Å². The van der Waals surface area contributed by atoms with E-state index in [-0.39, 0.29) is 29.1 Å². The van der Waals surface area contributed by atoms with Gasteiger partial charge in [0.1, 0.15) is 0 Å². The molecule has 1 unspecified atom stereocenters. The van der Waals surface area contributed by atoms with Crippen molar-refractivity contribution in [3.63, 3.8) is 0 Å². The Balaban J connectivity index is 2.94. The first-order valence-corrected chi connectivity index (χ1v) is 6.52. The molecule has 0 aromatic heterocycles. The Labute approximate surface area is 117 Å². The molecule has 0 saturated heterocycles. The highest BCUT2D eigenvalue weighted by atomic mass is 35.5. The van der Waals surface area contributed by atoms with Gasteiger partial charge in [-0.25, -0.2) is 0 Å². The molecule has 1 N–H and O–H groups in total. The van der Waals surface area contributed by atoms with Crippen molar-refractivity contribution in [2.75, 3.05) is 5.88 Å². The van der Waals surface area contributed by atoms with Gasteiger partial charge in [0.05, 0.1) is 4.92 Å². The molecule has 1 aromatic rings. The summed E-state index contributed by atoms with van der Waals surface area (Å²) in [4.78, 5) is 22.4. The van der Waals surface area contributed by atoms with E-state index in [1.807, 2.05) is 13.8 Å². The second kappa shape index (κ2) is 6.52. The molecule has 6 heteroatoms. The van der Waals surface area contributed by atoms with Crippen molar-refractivity contribution < 1.29 is 9.72 Å². The second-order valence-electron chi connectivity index (χ2n) is 4.74. The van der Waals surface area contributed by atoms with Gasteiger partial charge in [0.15, 0.2) is 0 Å². The minimum Gasteiger partial charge on any atom is -0.348 e. The van der Waals surface area contributed by atoms with Crippen LogP contribution in [0.5, 0.6) is 0 Å². The summed E-state index contributed by atoms with van der Waals surface area (Å²) < 4.78 is 0. The predicted molar refractivity (Wildman–Crippen MR) is 74.6 cm³/mol.